The highest BCUT2D eigenvalue weighted by Crippen LogP contribution is 2.46. The van der Waals surface area contributed by atoms with Gasteiger partial charge in [0.25, 0.3) is 0 Å². The van der Waals surface area contributed by atoms with Crippen molar-refractivity contribution in [2.24, 2.45) is 11.8 Å². The van der Waals surface area contributed by atoms with Gasteiger partial charge in [0.1, 0.15) is 5.60 Å². The summed E-state index contributed by atoms with van der Waals surface area (Å²) in [5.41, 5.74) is 1.43. The van der Waals surface area contributed by atoms with E-state index >= 15 is 0 Å². The summed E-state index contributed by atoms with van der Waals surface area (Å²) in [5, 5.41) is 10.1. The SMILES string of the molecule is NNc1nc(Cl)nc(N2CC(O)(C3CC3)C2)c1F. The number of β-amino-alcohol motifs (C(OH)–C–C–N with tert-alkyl or cyclic N) is 1. The quantitative estimate of drug-likeness (QED) is 0.423. The molecule has 1 aliphatic heterocycles. The Kier molecular flexibility index (Phi) is 2.58. The lowest BCUT2D eigenvalue weighted by Gasteiger charge is -2.47. The zero-order valence-corrected chi connectivity index (χ0v) is 10.3. The fraction of sp³-hybridized carbons (Fsp3) is 0.600. The van der Waals surface area contributed by atoms with Crippen LogP contribution in [-0.2, 0) is 0 Å². The first-order valence-electron chi connectivity index (χ1n) is 5.70. The molecule has 4 N–H and O–H groups in total. The van der Waals surface area contributed by atoms with Gasteiger partial charge in [0.2, 0.25) is 11.1 Å². The van der Waals surface area contributed by atoms with E-state index in [-0.39, 0.29) is 16.9 Å². The number of anilines is 2. The minimum atomic E-state index is -0.708. The number of aromatic nitrogens is 2. The van der Waals surface area contributed by atoms with Crippen LogP contribution in [0.1, 0.15) is 12.8 Å². The van der Waals surface area contributed by atoms with Crippen molar-refractivity contribution in [1.82, 2.24) is 9.97 Å². The van der Waals surface area contributed by atoms with Gasteiger partial charge in [0, 0.05) is 0 Å². The average Bonchev–Trinajstić information content (AvgIpc) is 3.12. The molecule has 2 aliphatic rings. The molecule has 0 aromatic carbocycles. The third-order valence-corrected chi connectivity index (χ3v) is 3.68. The van der Waals surface area contributed by atoms with Crippen molar-refractivity contribution >= 4 is 23.2 Å². The van der Waals surface area contributed by atoms with Crippen LogP contribution in [-0.4, -0.2) is 33.8 Å². The van der Waals surface area contributed by atoms with Crippen LogP contribution in [0, 0.1) is 11.7 Å². The highest BCUT2D eigenvalue weighted by molar-refractivity contribution is 6.28. The molecule has 3 rings (SSSR count). The smallest absolute Gasteiger partial charge is 0.226 e. The average molecular weight is 274 g/mol. The Hall–Kier alpha value is -1.18. The first kappa shape index (κ1) is 11.9. The van der Waals surface area contributed by atoms with Crippen LogP contribution in [0.15, 0.2) is 0 Å². The lowest BCUT2D eigenvalue weighted by molar-refractivity contribution is -0.0101. The van der Waals surface area contributed by atoms with Crippen LogP contribution in [0.5, 0.6) is 0 Å². The Bertz CT molecular complexity index is 489. The summed E-state index contributed by atoms with van der Waals surface area (Å²) in [6.45, 7) is 0.734. The van der Waals surface area contributed by atoms with Crippen molar-refractivity contribution in [1.29, 1.82) is 0 Å². The van der Waals surface area contributed by atoms with Crippen LogP contribution in [0.25, 0.3) is 0 Å². The molecular weight excluding hydrogens is 261 g/mol. The van der Waals surface area contributed by atoms with E-state index in [4.69, 9.17) is 17.4 Å². The molecule has 0 unspecified atom stereocenters. The lowest BCUT2D eigenvalue weighted by Crippen LogP contribution is -2.63. The summed E-state index contributed by atoms with van der Waals surface area (Å²) in [4.78, 5) is 9.12. The van der Waals surface area contributed by atoms with Crippen LogP contribution < -0.4 is 16.2 Å². The summed E-state index contributed by atoms with van der Waals surface area (Å²) >= 11 is 5.70. The summed E-state index contributed by atoms with van der Waals surface area (Å²) in [5.74, 6) is 4.76. The Labute approximate surface area is 108 Å². The molecule has 98 valence electrons. The van der Waals surface area contributed by atoms with E-state index in [0.717, 1.165) is 12.8 Å². The number of nitrogens with one attached hydrogen (secondary N) is 1. The second-order valence-corrected chi connectivity index (χ2v) is 5.20. The summed E-state index contributed by atoms with van der Waals surface area (Å²) in [6.07, 6.45) is 2.07. The Balaban J connectivity index is 1.83. The lowest BCUT2D eigenvalue weighted by atomic mass is 9.89. The molecule has 1 saturated heterocycles. The van der Waals surface area contributed by atoms with E-state index in [1.807, 2.05) is 0 Å². The number of nitrogens with two attached hydrogens (primary N) is 1. The fourth-order valence-electron chi connectivity index (χ4n) is 2.36. The number of hydrogen-bond acceptors (Lipinski definition) is 6. The maximum absolute atomic E-state index is 13.9. The molecule has 1 aliphatic carbocycles. The van der Waals surface area contributed by atoms with Gasteiger partial charge in [-0.3, -0.25) is 0 Å². The van der Waals surface area contributed by atoms with E-state index < -0.39 is 11.4 Å². The number of rotatable bonds is 3. The zero-order valence-electron chi connectivity index (χ0n) is 9.53. The monoisotopic (exact) mass is 273 g/mol. The molecule has 1 aromatic rings. The van der Waals surface area contributed by atoms with E-state index in [1.165, 1.54) is 0 Å². The van der Waals surface area contributed by atoms with Crippen molar-refractivity contribution < 1.29 is 9.50 Å². The molecule has 0 atom stereocenters. The summed E-state index contributed by atoms with van der Waals surface area (Å²) in [6, 6.07) is 0. The highest BCUT2D eigenvalue weighted by atomic mass is 35.5. The predicted octanol–water partition coefficient (Wildman–Crippen LogP) is 0.516. The first-order valence-corrected chi connectivity index (χ1v) is 6.08. The summed E-state index contributed by atoms with van der Waals surface area (Å²) in [7, 11) is 0. The molecule has 8 heteroatoms. The minimum Gasteiger partial charge on any atom is -0.386 e. The van der Waals surface area contributed by atoms with Gasteiger partial charge < -0.3 is 15.4 Å². The zero-order chi connectivity index (χ0) is 12.9. The van der Waals surface area contributed by atoms with Crippen LogP contribution in [0.2, 0.25) is 5.28 Å². The van der Waals surface area contributed by atoms with Gasteiger partial charge in [0.15, 0.2) is 11.6 Å². The molecule has 0 amide bonds. The molecule has 1 saturated carbocycles. The van der Waals surface area contributed by atoms with E-state index in [1.54, 1.807) is 4.90 Å². The number of nitrogens with zero attached hydrogens (tertiary/aromatic N) is 3. The second kappa shape index (κ2) is 3.91. The Morgan fingerprint density at radius 2 is 2.11 bits per heavy atom. The van der Waals surface area contributed by atoms with Crippen molar-refractivity contribution in [2.45, 2.75) is 18.4 Å². The van der Waals surface area contributed by atoms with Crippen LogP contribution in [0.3, 0.4) is 0 Å². The van der Waals surface area contributed by atoms with Gasteiger partial charge >= 0.3 is 0 Å². The van der Waals surface area contributed by atoms with Crippen molar-refractivity contribution in [3.05, 3.63) is 11.1 Å². The second-order valence-electron chi connectivity index (χ2n) is 4.86. The maximum Gasteiger partial charge on any atom is 0.226 e. The number of nitrogen functional groups attached to an aromatic ring is 1. The highest BCUT2D eigenvalue weighted by Gasteiger charge is 2.52. The third kappa shape index (κ3) is 1.79. The van der Waals surface area contributed by atoms with Crippen LogP contribution in [0.4, 0.5) is 16.0 Å². The molecule has 0 radical (unpaired) electrons. The largest absolute Gasteiger partial charge is 0.386 e. The molecule has 2 heterocycles. The van der Waals surface area contributed by atoms with Gasteiger partial charge in [-0.15, -0.1) is 0 Å². The van der Waals surface area contributed by atoms with Gasteiger partial charge in [-0.1, -0.05) is 0 Å². The van der Waals surface area contributed by atoms with Gasteiger partial charge in [-0.05, 0) is 30.4 Å². The van der Waals surface area contributed by atoms with Crippen molar-refractivity contribution in [3.63, 3.8) is 0 Å². The Morgan fingerprint density at radius 1 is 1.44 bits per heavy atom. The molecule has 6 nitrogen and oxygen atoms in total. The Morgan fingerprint density at radius 3 is 2.67 bits per heavy atom. The number of halogens is 2. The first-order chi connectivity index (χ1) is 8.53. The molecule has 18 heavy (non-hydrogen) atoms. The van der Waals surface area contributed by atoms with Gasteiger partial charge in [-0.25, -0.2) is 5.84 Å². The third-order valence-electron chi connectivity index (χ3n) is 3.51. The molecular formula is C10H13ClFN5O. The van der Waals surface area contributed by atoms with Gasteiger partial charge in [0.05, 0.1) is 13.1 Å². The number of hydrogen-bond donors (Lipinski definition) is 3. The topological polar surface area (TPSA) is 87.3 Å². The normalized spacial score (nSPS) is 21.7. The van der Waals surface area contributed by atoms with Crippen LogP contribution >= 0.6 is 11.6 Å². The molecule has 2 fully saturated rings. The fourth-order valence-corrected chi connectivity index (χ4v) is 2.52. The standard InChI is InChI=1S/C10H13ClFN5O/c11-9-14-7(16-13)6(12)8(15-9)17-3-10(18,4-17)5-1-2-5/h5,18H,1-4,13H2,(H,14,15,16). The number of aliphatic hydroxyl groups is 1. The molecule has 1 aromatic heterocycles. The van der Waals surface area contributed by atoms with E-state index in [0.29, 0.717) is 19.0 Å². The minimum absolute atomic E-state index is 0.0771. The maximum atomic E-state index is 13.9. The molecule has 0 bridgehead atoms. The van der Waals surface area contributed by atoms with E-state index in [2.05, 4.69) is 15.4 Å². The number of hydrazine groups is 1. The molecule has 0 spiro atoms. The summed E-state index contributed by atoms with van der Waals surface area (Å²) < 4.78 is 13.9. The predicted molar refractivity (Wildman–Crippen MR) is 64.7 cm³/mol. The van der Waals surface area contributed by atoms with Crippen molar-refractivity contribution in [2.75, 3.05) is 23.4 Å². The van der Waals surface area contributed by atoms with E-state index in [9.17, 15) is 9.50 Å². The van der Waals surface area contributed by atoms with Gasteiger partial charge in [-0.2, -0.15) is 14.4 Å². The van der Waals surface area contributed by atoms with Crippen molar-refractivity contribution in [3.8, 4) is 0 Å².